The minimum atomic E-state index is -0.469. The van der Waals surface area contributed by atoms with Gasteiger partial charge in [0.25, 0.3) is 0 Å². The molecule has 1 rings (SSSR count). The van der Waals surface area contributed by atoms with Crippen molar-refractivity contribution in [3.63, 3.8) is 0 Å². The fourth-order valence-corrected chi connectivity index (χ4v) is 2.45. The molecule has 0 radical (unpaired) electrons. The molecule has 0 spiro atoms. The van der Waals surface area contributed by atoms with Crippen molar-refractivity contribution in [1.82, 2.24) is 5.32 Å². The zero-order valence-corrected chi connectivity index (χ0v) is 12.3. The molecule has 0 bridgehead atoms. The van der Waals surface area contributed by atoms with Gasteiger partial charge in [-0.15, -0.1) is 11.8 Å². The molecule has 0 unspecified atom stereocenters. The van der Waals surface area contributed by atoms with Crippen LogP contribution in [-0.4, -0.2) is 11.3 Å². The van der Waals surface area contributed by atoms with Crippen molar-refractivity contribution in [2.24, 2.45) is 0 Å². The molecule has 0 amide bonds. The van der Waals surface area contributed by atoms with Crippen LogP contribution in [0.2, 0.25) is 0 Å². The van der Waals surface area contributed by atoms with E-state index in [0.29, 0.717) is 12.1 Å². The summed E-state index contributed by atoms with van der Waals surface area (Å²) in [5.41, 5.74) is 0.650. The Bertz CT molecular complexity index is 376. The van der Waals surface area contributed by atoms with Gasteiger partial charge in [-0.1, -0.05) is 27.7 Å². The van der Waals surface area contributed by atoms with Gasteiger partial charge in [0.1, 0.15) is 11.6 Å². The molecule has 0 aliphatic rings. The second kappa shape index (κ2) is 6.53. The summed E-state index contributed by atoms with van der Waals surface area (Å²) in [6.45, 7) is 9.22. The monoisotopic (exact) mass is 273 g/mol. The lowest BCUT2D eigenvalue weighted by Crippen LogP contribution is -2.14. The summed E-state index contributed by atoms with van der Waals surface area (Å²) in [5, 5.41) is 3.13. The summed E-state index contributed by atoms with van der Waals surface area (Å²) in [6.07, 6.45) is 1.00. The lowest BCUT2D eigenvalue weighted by Gasteiger charge is -2.19. The highest BCUT2D eigenvalue weighted by Gasteiger charge is 2.19. The van der Waals surface area contributed by atoms with Crippen molar-refractivity contribution in [3.05, 3.63) is 29.3 Å². The third-order valence-corrected chi connectivity index (χ3v) is 3.43. The van der Waals surface area contributed by atoms with Crippen LogP contribution in [0.25, 0.3) is 0 Å². The number of rotatable bonds is 5. The van der Waals surface area contributed by atoms with E-state index in [1.807, 2.05) is 20.8 Å². The van der Waals surface area contributed by atoms with Gasteiger partial charge in [-0.3, -0.25) is 0 Å². The van der Waals surface area contributed by atoms with Crippen LogP contribution in [0.4, 0.5) is 8.78 Å². The first-order chi connectivity index (χ1) is 8.33. The van der Waals surface area contributed by atoms with E-state index in [1.54, 1.807) is 0 Å². The molecule has 0 heterocycles. The molecule has 1 aromatic carbocycles. The quantitative estimate of drug-likeness (QED) is 0.632. The molecule has 0 saturated heterocycles. The van der Waals surface area contributed by atoms with Gasteiger partial charge in [0.05, 0.1) is 4.90 Å². The minimum absolute atomic E-state index is 0.113. The highest BCUT2D eigenvalue weighted by atomic mass is 32.2. The molecule has 0 aliphatic heterocycles. The van der Waals surface area contributed by atoms with Crippen LogP contribution in [0.3, 0.4) is 0 Å². The molecule has 0 aliphatic carbocycles. The van der Waals surface area contributed by atoms with E-state index in [4.69, 9.17) is 0 Å². The molecule has 0 atom stereocenters. The van der Waals surface area contributed by atoms with Crippen molar-refractivity contribution in [2.45, 2.75) is 50.3 Å². The van der Waals surface area contributed by atoms with E-state index in [1.165, 1.54) is 23.9 Å². The van der Waals surface area contributed by atoms with Gasteiger partial charge in [-0.2, -0.15) is 0 Å². The van der Waals surface area contributed by atoms with Crippen molar-refractivity contribution >= 4 is 11.8 Å². The Hall–Kier alpha value is -0.610. The first-order valence-electron chi connectivity index (χ1n) is 6.21. The summed E-state index contributed by atoms with van der Waals surface area (Å²) in [5.74, 6) is -0.938. The summed E-state index contributed by atoms with van der Waals surface area (Å²) in [4.78, 5) is 0.113. The Balaban J connectivity index is 2.84. The van der Waals surface area contributed by atoms with Crippen LogP contribution in [-0.2, 0) is 6.54 Å². The van der Waals surface area contributed by atoms with Crippen molar-refractivity contribution in [3.8, 4) is 0 Å². The Kier molecular flexibility index (Phi) is 5.60. The number of hydrogen-bond acceptors (Lipinski definition) is 2. The highest BCUT2D eigenvalue weighted by molar-refractivity contribution is 8.00. The van der Waals surface area contributed by atoms with Gasteiger partial charge in [-0.25, -0.2) is 8.78 Å². The molecule has 4 heteroatoms. The topological polar surface area (TPSA) is 12.0 Å². The zero-order chi connectivity index (χ0) is 13.8. The van der Waals surface area contributed by atoms with E-state index >= 15 is 0 Å². The minimum Gasteiger partial charge on any atom is -0.313 e. The van der Waals surface area contributed by atoms with Gasteiger partial charge in [0.2, 0.25) is 0 Å². The molecule has 0 fully saturated rings. The van der Waals surface area contributed by atoms with Crippen LogP contribution >= 0.6 is 11.8 Å². The fourth-order valence-electron chi connectivity index (χ4n) is 1.53. The van der Waals surface area contributed by atoms with Crippen LogP contribution in [0, 0.1) is 11.6 Å². The Labute approximate surface area is 112 Å². The summed E-state index contributed by atoms with van der Waals surface area (Å²) >= 11 is 1.22. The standard InChI is InChI=1S/C14H21F2NS/c1-5-6-17-9-10-7-11(15)13(12(16)8-10)18-14(2,3)4/h7-8,17H,5-6,9H2,1-4H3. The summed E-state index contributed by atoms with van der Waals surface area (Å²) in [6, 6.07) is 2.83. The van der Waals surface area contributed by atoms with Gasteiger partial charge in [0, 0.05) is 11.3 Å². The molecule has 1 aromatic rings. The molecule has 1 N–H and O–H groups in total. The number of thioether (sulfide) groups is 1. The number of hydrogen-bond donors (Lipinski definition) is 1. The van der Waals surface area contributed by atoms with E-state index < -0.39 is 11.6 Å². The maximum atomic E-state index is 13.9. The SMILES string of the molecule is CCCNCc1cc(F)c(SC(C)(C)C)c(F)c1. The normalized spacial score (nSPS) is 11.9. The van der Waals surface area contributed by atoms with E-state index in [2.05, 4.69) is 12.2 Å². The van der Waals surface area contributed by atoms with Crippen molar-refractivity contribution < 1.29 is 8.78 Å². The first-order valence-corrected chi connectivity index (χ1v) is 7.03. The van der Waals surface area contributed by atoms with Crippen LogP contribution < -0.4 is 5.32 Å². The smallest absolute Gasteiger partial charge is 0.140 e. The summed E-state index contributed by atoms with van der Waals surface area (Å²) < 4.78 is 27.5. The Morgan fingerprint density at radius 2 is 1.72 bits per heavy atom. The average molecular weight is 273 g/mol. The molecule has 0 saturated carbocycles. The summed E-state index contributed by atoms with van der Waals surface area (Å²) in [7, 11) is 0. The lowest BCUT2D eigenvalue weighted by molar-refractivity contribution is 0.532. The molecule has 0 aromatic heterocycles. The third-order valence-electron chi connectivity index (χ3n) is 2.22. The molecule has 1 nitrogen and oxygen atoms in total. The van der Waals surface area contributed by atoms with Gasteiger partial charge >= 0.3 is 0 Å². The van der Waals surface area contributed by atoms with Crippen LogP contribution in [0.1, 0.15) is 39.7 Å². The van der Waals surface area contributed by atoms with Crippen molar-refractivity contribution in [2.75, 3.05) is 6.54 Å². The maximum absolute atomic E-state index is 13.9. The number of nitrogens with one attached hydrogen (secondary N) is 1. The molecule has 102 valence electrons. The Morgan fingerprint density at radius 3 is 2.17 bits per heavy atom. The van der Waals surface area contributed by atoms with Gasteiger partial charge in [-0.05, 0) is 30.7 Å². The van der Waals surface area contributed by atoms with Gasteiger partial charge < -0.3 is 5.32 Å². The second-order valence-corrected chi connectivity index (χ2v) is 7.12. The molecular formula is C14H21F2NS. The highest BCUT2D eigenvalue weighted by Crippen LogP contribution is 2.35. The second-order valence-electron chi connectivity index (χ2n) is 5.28. The first kappa shape index (κ1) is 15.4. The van der Waals surface area contributed by atoms with E-state index in [9.17, 15) is 8.78 Å². The molecular weight excluding hydrogens is 252 g/mol. The number of benzene rings is 1. The van der Waals surface area contributed by atoms with E-state index in [-0.39, 0.29) is 9.64 Å². The third kappa shape index (κ3) is 4.94. The zero-order valence-electron chi connectivity index (χ0n) is 11.4. The van der Waals surface area contributed by atoms with Crippen molar-refractivity contribution in [1.29, 1.82) is 0 Å². The largest absolute Gasteiger partial charge is 0.313 e. The van der Waals surface area contributed by atoms with Crippen LogP contribution in [0.15, 0.2) is 17.0 Å². The fraction of sp³-hybridized carbons (Fsp3) is 0.571. The molecule has 18 heavy (non-hydrogen) atoms. The average Bonchev–Trinajstić information content (AvgIpc) is 2.23. The lowest BCUT2D eigenvalue weighted by atomic mass is 10.2. The van der Waals surface area contributed by atoms with Gasteiger partial charge in [0.15, 0.2) is 0 Å². The van der Waals surface area contributed by atoms with E-state index in [0.717, 1.165) is 13.0 Å². The predicted octanol–water partition coefficient (Wildman–Crippen LogP) is 4.36. The Morgan fingerprint density at radius 1 is 1.17 bits per heavy atom. The maximum Gasteiger partial charge on any atom is 0.140 e. The predicted molar refractivity (Wildman–Crippen MR) is 74.0 cm³/mol. The van der Waals surface area contributed by atoms with Crippen LogP contribution in [0.5, 0.6) is 0 Å². The number of halogens is 2.